The fourth-order valence-corrected chi connectivity index (χ4v) is 5.49. The minimum atomic E-state index is -0.226. The second kappa shape index (κ2) is 9.43. The lowest BCUT2D eigenvalue weighted by atomic mass is 10.00. The summed E-state index contributed by atoms with van der Waals surface area (Å²) in [5.74, 6) is 2.17. The summed E-state index contributed by atoms with van der Waals surface area (Å²) in [6.45, 7) is 2.85. The maximum absolute atomic E-state index is 12.5. The first-order valence-corrected chi connectivity index (χ1v) is 11.8. The van der Waals surface area contributed by atoms with E-state index in [4.69, 9.17) is 9.47 Å². The van der Waals surface area contributed by atoms with E-state index in [9.17, 15) is 9.50 Å². The molecular formula is C26H26FNO3S. The van der Waals surface area contributed by atoms with Crippen LogP contribution in [0.1, 0.15) is 22.5 Å². The number of nitrogens with zero attached hydrogens (tertiary/aromatic N) is 1. The van der Waals surface area contributed by atoms with Crippen LogP contribution in [-0.2, 0) is 0 Å². The van der Waals surface area contributed by atoms with Gasteiger partial charge in [-0.25, -0.2) is 0 Å². The average Bonchev–Trinajstić information content (AvgIpc) is 2.80. The van der Waals surface area contributed by atoms with Gasteiger partial charge < -0.3 is 14.6 Å². The van der Waals surface area contributed by atoms with Crippen molar-refractivity contribution < 1.29 is 19.0 Å². The van der Waals surface area contributed by atoms with Crippen molar-refractivity contribution in [2.45, 2.75) is 16.2 Å². The number of phenols is 1. The fourth-order valence-electron chi connectivity index (χ4n) is 4.20. The third-order valence-corrected chi connectivity index (χ3v) is 7.35. The number of benzene rings is 3. The monoisotopic (exact) mass is 451 g/mol. The third-order valence-electron chi connectivity index (χ3n) is 5.99. The second-order valence-corrected chi connectivity index (χ2v) is 9.50. The number of phenolic OH excluding ortho intramolecular Hbond substituents is 1. The lowest BCUT2D eigenvalue weighted by Crippen LogP contribution is -2.49. The summed E-state index contributed by atoms with van der Waals surface area (Å²) in [5, 5.41) is 9.77. The Hall–Kier alpha value is -2.70. The molecule has 2 aliphatic rings. The summed E-state index contributed by atoms with van der Waals surface area (Å²) in [7, 11) is 0. The number of para-hydroxylation sites is 1. The van der Waals surface area contributed by atoms with Crippen molar-refractivity contribution in [2.75, 3.05) is 32.9 Å². The summed E-state index contributed by atoms with van der Waals surface area (Å²) in [5.41, 5.74) is 2.18. The van der Waals surface area contributed by atoms with E-state index in [0.717, 1.165) is 47.2 Å². The lowest BCUT2D eigenvalue weighted by molar-refractivity contribution is 0.0668. The van der Waals surface area contributed by atoms with E-state index in [1.165, 1.54) is 0 Å². The molecular weight excluding hydrogens is 425 g/mol. The second-order valence-electron chi connectivity index (χ2n) is 8.31. The molecule has 2 heterocycles. The summed E-state index contributed by atoms with van der Waals surface area (Å²) in [6, 6.07) is 23.5. The molecule has 1 saturated heterocycles. The summed E-state index contributed by atoms with van der Waals surface area (Å²) >= 11 is 1.78. The van der Waals surface area contributed by atoms with Gasteiger partial charge in [0.1, 0.15) is 30.0 Å². The van der Waals surface area contributed by atoms with Crippen LogP contribution in [0.15, 0.2) is 77.7 Å². The number of ether oxygens (including phenoxy) is 2. The molecule has 0 aliphatic carbocycles. The highest BCUT2D eigenvalue weighted by Crippen LogP contribution is 2.53. The molecule has 0 spiro atoms. The summed E-state index contributed by atoms with van der Waals surface area (Å²) in [4.78, 5) is 3.33. The van der Waals surface area contributed by atoms with Gasteiger partial charge in [-0.3, -0.25) is 9.29 Å². The van der Waals surface area contributed by atoms with Crippen LogP contribution in [0.3, 0.4) is 0 Å². The molecule has 0 saturated carbocycles. The van der Waals surface area contributed by atoms with Crippen molar-refractivity contribution in [3.05, 3.63) is 83.9 Å². The maximum atomic E-state index is 12.5. The Balaban J connectivity index is 1.29. The van der Waals surface area contributed by atoms with Crippen LogP contribution in [0.25, 0.3) is 0 Å². The Morgan fingerprint density at radius 2 is 1.69 bits per heavy atom. The molecule has 6 heteroatoms. The van der Waals surface area contributed by atoms with Gasteiger partial charge >= 0.3 is 0 Å². The molecule has 3 aromatic rings. The van der Waals surface area contributed by atoms with Crippen LogP contribution in [0.2, 0.25) is 0 Å². The Bertz CT molecular complexity index is 1040. The van der Waals surface area contributed by atoms with Crippen LogP contribution in [0.4, 0.5) is 4.39 Å². The van der Waals surface area contributed by atoms with Gasteiger partial charge in [0.2, 0.25) is 0 Å². The molecule has 1 N–H and O–H groups in total. The number of thioether (sulfide) groups is 1. The van der Waals surface area contributed by atoms with E-state index in [0.29, 0.717) is 6.61 Å². The number of aromatic hydroxyl groups is 1. The number of hydrogen-bond acceptors (Lipinski definition) is 5. The van der Waals surface area contributed by atoms with Crippen LogP contribution < -0.4 is 9.47 Å². The van der Waals surface area contributed by atoms with Crippen LogP contribution in [-0.4, -0.2) is 42.9 Å². The van der Waals surface area contributed by atoms with Crippen molar-refractivity contribution in [3.63, 3.8) is 0 Å². The molecule has 0 bridgehead atoms. The van der Waals surface area contributed by atoms with E-state index < -0.39 is 0 Å². The van der Waals surface area contributed by atoms with E-state index >= 15 is 0 Å². The zero-order valence-corrected chi connectivity index (χ0v) is 18.5. The van der Waals surface area contributed by atoms with Gasteiger partial charge in [-0.15, -0.1) is 11.8 Å². The van der Waals surface area contributed by atoms with Gasteiger partial charge in [0, 0.05) is 25.6 Å². The normalized spacial score (nSPS) is 20.8. The fraction of sp³-hybridized carbons (Fsp3) is 0.308. The molecule has 0 amide bonds. The molecule has 5 rings (SSSR count). The van der Waals surface area contributed by atoms with E-state index in [1.807, 2.05) is 42.5 Å². The molecule has 32 heavy (non-hydrogen) atoms. The highest BCUT2D eigenvalue weighted by Gasteiger charge is 2.33. The SMILES string of the molecule is Oc1ccc([C@H]2Sc3ccccc3O[C@H]2c2ccc(OCCN3CC(CF)C3)cc2)cc1. The minimum Gasteiger partial charge on any atom is -0.508 e. The molecule has 0 unspecified atom stereocenters. The Kier molecular flexibility index (Phi) is 6.23. The van der Waals surface area contributed by atoms with Crippen molar-refractivity contribution >= 4 is 11.8 Å². The highest BCUT2D eigenvalue weighted by molar-refractivity contribution is 7.99. The quantitative estimate of drug-likeness (QED) is 0.504. The number of halogens is 1. The number of likely N-dealkylation sites (tertiary alicyclic amines) is 1. The lowest BCUT2D eigenvalue weighted by Gasteiger charge is -2.37. The molecule has 1 fully saturated rings. The standard InChI is InChI=1S/C26H26FNO3S/c27-15-18-16-28(17-18)13-14-30-22-11-7-19(8-12-22)25-26(20-5-9-21(29)10-6-20)32-24-4-2-1-3-23(24)31-25/h1-12,18,25-26,29H,13-17H2/t25-,26+/m0/s1. The van der Waals surface area contributed by atoms with Crippen LogP contribution in [0.5, 0.6) is 17.2 Å². The number of alkyl halides is 1. The summed E-state index contributed by atoms with van der Waals surface area (Å²) in [6.07, 6.45) is -0.160. The predicted octanol–water partition coefficient (Wildman–Crippen LogP) is 5.64. The number of fused-ring (bicyclic) bond motifs is 1. The van der Waals surface area contributed by atoms with Crippen molar-refractivity contribution in [2.24, 2.45) is 5.92 Å². The highest BCUT2D eigenvalue weighted by atomic mass is 32.2. The topological polar surface area (TPSA) is 41.9 Å². The van der Waals surface area contributed by atoms with Gasteiger partial charge in [0.15, 0.2) is 0 Å². The minimum absolute atomic E-state index is 0.0622. The molecule has 2 atom stereocenters. The zero-order chi connectivity index (χ0) is 21.9. The molecule has 4 nitrogen and oxygen atoms in total. The molecule has 0 aromatic heterocycles. The van der Waals surface area contributed by atoms with Crippen LogP contribution in [0, 0.1) is 5.92 Å². The van der Waals surface area contributed by atoms with Crippen LogP contribution >= 0.6 is 11.8 Å². The van der Waals surface area contributed by atoms with Crippen molar-refractivity contribution in [3.8, 4) is 17.2 Å². The smallest absolute Gasteiger partial charge is 0.140 e. The average molecular weight is 452 g/mol. The largest absolute Gasteiger partial charge is 0.508 e. The van der Waals surface area contributed by atoms with E-state index in [2.05, 4.69) is 23.1 Å². The number of hydrogen-bond donors (Lipinski definition) is 1. The van der Waals surface area contributed by atoms with Crippen molar-refractivity contribution in [1.82, 2.24) is 4.90 Å². The predicted molar refractivity (Wildman–Crippen MR) is 124 cm³/mol. The van der Waals surface area contributed by atoms with Gasteiger partial charge in [-0.1, -0.05) is 36.4 Å². The Morgan fingerprint density at radius 3 is 2.44 bits per heavy atom. The molecule has 3 aromatic carbocycles. The van der Waals surface area contributed by atoms with Gasteiger partial charge in [0.25, 0.3) is 0 Å². The first kappa shape index (κ1) is 21.2. The maximum Gasteiger partial charge on any atom is 0.140 e. The van der Waals surface area contributed by atoms with Gasteiger partial charge in [-0.2, -0.15) is 0 Å². The molecule has 0 radical (unpaired) electrons. The van der Waals surface area contributed by atoms with Crippen molar-refractivity contribution in [1.29, 1.82) is 0 Å². The number of rotatable bonds is 7. The van der Waals surface area contributed by atoms with E-state index in [-0.39, 0.29) is 29.7 Å². The van der Waals surface area contributed by atoms with Gasteiger partial charge in [0.05, 0.1) is 16.8 Å². The first-order valence-electron chi connectivity index (χ1n) is 10.9. The Morgan fingerprint density at radius 1 is 0.969 bits per heavy atom. The van der Waals surface area contributed by atoms with E-state index in [1.54, 1.807) is 23.9 Å². The Labute approximate surface area is 192 Å². The van der Waals surface area contributed by atoms with Gasteiger partial charge in [-0.05, 0) is 47.5 Å². The molecule has 166 valence electrons. The zero-order valence-electron chi connectivity index (χ0n) is 17.7. The third kappa shape index (κ3) is 4.57. The summed E-state index contributed by atoms with van der Waals surface area (Å²) < 4.78 is 24.9. The molecule has 2 aliphatic heterocycles. The first-order chi connectivity index (χ1) is 15.7.